The summed E-state index contributed by atoms with van der Waals surface area (Å²) in [7, 11) is 5.05. The molecule has 1 heterocycles. The van der Waals surface area contributed by atoms with Gasteiger partial charge in [0, 0.05) is 43.0 Å². The topological polar surface area (TPSA) is 102 Å². The zero-order valence-corrected chi connectivity index (χ0v) is 29.4. The lowest BCUT2D eigenvalue weighted by molar-refractivity contribution is -0.118. The number of carbonyl (C=O) groups is 2. The minimum absolute atomic E-state index is 0.0299. The predicted molar refractivity (Wildman–Crippen MR) is 180 cm³/mol. The number of methoxy groups -OCH3 is 2. The number of Topliss-reactive ketones (excluding diaryl/α,β-unsaturated/α-hetero) is 1. The molecule has 8 heteroatoms. The maximum Gasteiger partial charge on any atom is 0.253 e. The van der Waals surface area contributed by atoms with E-state index < -0.39 is 0 Å². The van der Waals surface area contributed by atoms with Gasteiger partial charge in [-0.15, -0.1) is 0 Å². The van der Waals surface area contributed by atoms with E-state index in [0.29, 0.717) is 0 Å². The normalized spacial score (nSPS) is 11.0. The Hall–Kier alpha value is -3.86. The van der Waals surface area contributed by atoms with Gasteiger partial charge >= 0.3 is 0 Å². The van der Waals surface area contributed by atoms with E-state index in [1.165, 1.54) is 13.3 Å². The van der Waals surface area contributed by atoms with Gasteiger partial charge in [0.2, 0.25) is 6.41 Å². The maximum absolute atomic E-state index is 12.0. The van der Waals surface area contributed by atoms with Crippen LogP contribution in [-0.2, 0) is 16.6 Å². The van der Waals surface area contributed by atoms with Crippen molar-refractivity contribution in [2.45, 2.75) is 88.5 Å². The molecule has 0 bridgehead atoms. The van der Waals surface area contributed by atoms with Crippen LogP contribution < -0.4 is 15.0 Å². The monoisotopic (exact) mass is 609 g/mol. The highest BCUT2D eigenvalue weighted by Crippen LogP contribution is 2.35. The van der Waals surface area contributed by atoms with E-state index >= 15 is 0 Å². The number of rotatable bonds is 11. The number of nitriles is 1. The van der Waals surface area contributed by atoms with Crippen LogP contribution in [0.1, 0.15) is 84.4 Å². The van der Waals surface area contributed by atoms with Gasteiger partial charge in [-0.1, -0.05) is 47.6 Å². The lowest BCUT2D eigenvalue weighted by atomic mass is 9.93. The summed E-state index contributed by atoms with van der Waals surface area (Å²) in [5.74, 6) is 2.13. The highest BCUT2D eigenvalue weighted by molar-refractivity contribution is 5.97. The number of pyridine rings is 1. The second-order valence-electron chi connectivity index (χ2n) is 12.5. The van der Waals surface area contributed by atoms with Gasteiger partial charge in [0.25, 0.3) is 5.56 Å². The molecular formula is C36H55N3O5. The largest absolute Gasteiger partial charge is 0.496 e. The van der Waals surface area contributed by atoms with Crippen LogP contribution in [0.4, 0.5) is 0 Å². The van der Waals surface area contributed by atoms with E-state index in [4.69, 9.17) is 14.7 Å². The van der Waals surface area contributed by atoms with Crippen LogP contribution in [0.2, 0.25) is 0 Å². The van der Waals surface area contributed by atoms with Crippen molar-refractivity contribution < 1.29 is 19.1 Å². The molecule has 0 radical (unpaired) electrons. The van der Waals surface area contributed by atoms with Gasteiger partial charge in [-0.2, -0.15) is 5.26 Å². The maximum atomic E-state index is 12.0. The molecule has 0 fully saturated rings. The second kappa shape index (κ2) is 19.4. The molecule has 44 heavy (non-hydrogen) atoms. The SMILES string of the molecule is CC(=O)/C(C#N)=C/C(C)(C)C.CCCN(C=O)CCCC(C)C.COc1cc(-c2cn(C)c(=O)c(C)c2C)cc(OC)c1C. The summed E-state index contributed by atoms with van der Waals surface area (Å²) in [6.07, 6.45) is 7.91. The summed E-state index contributed by atoms with van der Waals surface area (Å²) in [5.41, 5.74) is 4.86. The summed E-state index contributed by atoms with van der Waals surface area (Å²) in [5, 5.41) is 8.52. The Labute approximate surface area is 265 Å². The number of hydrogen-bond donors (Lipinski definition) is 0. The van der Waals surface area contributed by atoms with Crippen LogP contribution in [0.5, 0.6) is 11.5 Å². The number of hydrogen-bond acceptors (Lipinski definition) is 6. The van der Waals surface area contributed by atoms with Crippen LogP contribution >= 0.6 is 0 Å². The first-order chi connectivity index (χ1) is 20.5. The molecule has 2 aromatic rings. The molecule has 244 valence electrons. The van der Waals surface area contributed by atoms with E-state index in [-0.39, 0.29) is 22.3 Å². The van der Waals surface area contributed by atoms with E-state index in [2.05, 4.69) is 20.8 Å². The molecule has 2 rings (SSSR count). The molecule has 0 atom stereocenters. The number of carbonyl (C=O) groups excluding carboxylic acids is 2. The van der Waals surface area contributed by atoms with Gasteiger partial charge in [0.1, 0.15) is 17.6 Å². The van der Waals surface area contributed by atoms with Gasteiger partial charge in [-0.05, 0) is 81.5 Å². The number of aromatic nitrogens is 1. The summed E-state index contributed by atoms with van der Waals surface area (Å²) in [6.45, 7) is 21.4. The highest BCUT2D eigenvalue weighted by atomic mass is 16.5. The fourth-order valence-corrected chi connectivity index (χ4v) is 4.36. The number of ketones is 1. The van der Waals surface area contributed by atoms with Crippen molar-refractivity contribution in [2.75, 3.05) is 27.3 Å². The third kappa shape index (κ3) is 13.6. The minimum Gasteiger partial charge on any atom is -0.496 e. The first-order valence-electron chi connectivity index (χ1n) is 15.2. The van der Waals surface area contributed by atoms with Crippen molar-refractivity contribution in [2.24, 2.45) is 18.4 Å². The second-order valence-corrected chi connectivity index (χ2v) is 12.5. The first kappa shape index (κ1) is 40.1. The standard InChI is InChI=1S/C17H21NO3.C10H21NO.C9H13NO/c1-10-11(2)17(19)18(4)9-14(10)13-7-15(20-5)12(3)16(8-13)21-6;1-4-7-11(9-12)8-5-6-10(2)3;1-7(11)8(6-10)5-9(2,3)4/h7-9H,1-6H3;9-10H,4-8H2,1-3H3;5H,1-4H3/b;;8-5+. The molecule has 0 spiro atoms. The first-order valence-corrected chi connectivity index (χ1v) is 15.2. The van der Waals surface area contributed by atoms with E-state index in [1.807, 2.05) is 70.8 Å². The Morgan fingerprint density at radius 1 is 1.05 bits per heavy atom. The Kier molecular flexibility index (Phi) is 17.7. The third-order valence-corrected chi connectivity index (χ3v) is 6.96. The summed E-state index contributed by atoms with van der Waals surface area (Å²) in [6, 6.07) is 5.82. The smallest absolute Gasteiger partial charge is 0.253 e. The molecule has 1 amide bonds. The van der Waals surface area contributed by atoms with E-state index in [1.54, 1.807) is 31.9 Å². The van der Waals surface area contributed by atoms with Crippen LogP contribution in [0.15, 0.2) is 34.8 Å². The fraction of sp³-hybridized carbons (Fsp3) is 0.556. The molecule has 0 saturated carbocycles. The van der Waals surface area contributed by atoms with Crippen LogP contribution in [0.3, 0.4) is 0 Å². The van der Waals surface area contributed by atoms with Crippen molar-refractivity contribution >= 4 is 12.2 Å². The molecule has 0 aliphatic heterocycles. The van der Waals surface area contributed by atoms with Gasteiger partial charge in [-0.3, -0.25) is 14.4 Å². The van der Waals surface area contributed by atoms with Crippen molar-refractivity contribution in [3.63, 3.8) is 0 Å². The average molecular weight is 610 g/mol. The average Bonchev–Trinajstić information content (AvgIpc) is 2.96. The van der Waals surface area contributed by atoms with Crippen LogP contribution in [0, 0.1) is 43.4 Å². The number of amides is 1. The molecular weight excluding hydrogens is 554 g/mol. The van der Waals surface area contributed by atoms with E-state index in [0.717, 1.165) is 77.6 Å². The third-order valence-electron chi connectivity index (χ3n) is 6.96. The Morgan fingerprint density at radius 3 is 1.95 bits per heavy atom. The number of nitrogens with zero attached hydrogens (tertiary/aromatic N) is 3. The fourth-order valence-electron chi connectivity index (χ4n) is 4.36. The van der Waals surface area contributed by atoms with Gasteiger partial charge < -0.3 is 18.9 Å². The molecule has 0 unspecified atom stereocenters. The predicted octanol–water partition coefficient (Wildman–Crippen LogP) is 7.36. The van der Waals surface area contributed by atoms with Gasteiger partial charge in [0.05, 0.1) is 19.8 Å². The molecule has 1 aromatic carbocycles. The minimum atomic E-state index is -0.164. The summed E-state index contributed by atoms with van der Waals surface area (Å²) < 4.78 is 12.5. The molecule has 0 aliphatic rings. The van der Waals surface area contributed by atoms with E-state index in [9.17, 15) is 14.4 Å². The van der Waals surface area contributed by atoms with Crippen molar-refractivity contribution in [1.82, 2.24) is 9.47 Å². The Balaban J connectivity index is 0.000000689. The molecule has 0 aliphatic carbocycles. The number of ether oxygens (including phenoxy) is 2. The van der Waals surface area contributed by atoms with Gasteiger partial charge in [-0.25, -0.2) is 0 Å². The molecule has 0 N–H and O–H groups in total. The number of aryl methyl sites for hydroxylation is 1. The lowest BCUT2D eigenvalue weighted by Crippen LogP contribution is -2.24. The number of benzene rings is 1. The zero-order valence-electron chi connectivity index (χ0n) is 29.4. The van der Waals surface area contributed by atoms with Gasteiger partial charge in [0.15, 0.2) is 5.78 Å². The van der Waals surface area contributed by atoms with Crippen molar-refractivity contribution in [3.8, 4) is 28.7 Å². The summed E-state index contributed by atoms with van der Waals surface area (Å²) in [4.78, 5) is 35.1. The Bertz CT molecular complexity index is 1330. The van der Waals surface area contributed by atoms with Crippen LogP contribution in [0.25, 0.3) is 11.1 Å². The van der Waals surface area contributed by atoms with Crippen molar-refractivity contribution in [3.05, 3.63) is 57.0 Å². The highest BCUT2D eigenvalue weighted by Gasteiger charge is 2.14. The summed E-state index contributed by atoms with van der Waals surface area (Å²) >= 11 is 0. The lowest BCUT2D eigenvalue weighted by Gasteiger charge is -2.16. The van der Waals surface area contributed by atoms with Crippen molar-refractivity contribution in [1.29, 1.82) is 5.26 Å². The Morgan fingerprint density at radius 2 is 1.59 bits per heavy atom. The molecule has 8 nitrogen and oxygen atoms in total. The quantitative estimate of drug-likeness (QED) is 0.150. The zero-order chi connectivity index (χ0) is 34.2. The number of allylic oxidation sites excluding steroid dienone is 2. The molecule has 0 saturated heterocycles. The van der Waals surface area contributed by atoms with Crippen LogP contribution in [-0.4, -0.2) is 49.0 Å². The molecule has 1 aromatic heterocycles.